The van der Waals surface area contributed by atoms with Gasteiger partial charge in [0.25, 0.3) is 5.56 Å². The highest BCUT2D eigenvalue weighted by Gasteiger charge is 2.14. The molecule has 3 aromatic rings. The van der Waals surface area contributed by atoms with Crippen LogP contribution in [0.4, 0.5) is 0 Å². The molecule has 0 aliphatic heterocycles. The van der Waals surface area contributed by atoms with Gasteiger partial charge in [0, 0.05) is 5.69 Å². The first-order valence-electron chi connectivity index (χ1n) is 6.93. The molecule has 0 radical (unpaired) electrons. The van der Waals surface area contributed by atoms with Gasteiger partial charge in [0.15, 0.2) is 0 Å². The van der Waals surface area contributed by atoms with Crippen molar-refractivity contribution in [2.24, 2.45) is 0 Å². The fraction of sp³-hybridized carbons (Fsp3) is 0.400. The average molecular weight is 302 g/mol. The van der Waals surface area contributed by atoms with Crippen molar-refractivity contribution in [1.29, 1.82) is 0 Å². The molecule has 0 fully saturated rings. The molecule has 0 saturated heterocycles. The van der Waals surface area contributed by atoms with Crippen LogP contribution < -0.4 is 5.56 Å². The summed E-state index contributed by atoms with van der Waals surface area (Å²) in [5.41, 5.74) is 3.13. The van der Waals surface area contributed by atoms with E-state index in [1.54, 1.807) is 10.9 Å². The minimum atomic E-state index is 0.00620. The van der Waals surface area contributed by atoms with E-state index in [2.05, 4.69) is 10.1 Å². The predicted molar refractivity (Wildman–Crippen MR) is 85.0 cm³/mol. The lowest BCUT2D eigenvalue weighted by Crippen LogP contribution is -2.26. The van der Waals surface area contributed by atoms with Gasteiger partial charge in [-0.1, -0.05) is 0 Å². The monoisotopic (exact) mass is 302 g/mol. The smallest absolute Gasteiger partial charge is 0.262 e. The molecule has 0 bridgehead atoms. The van der Waals surface area contributed by atoms with Gasteiger partial charge in [-0.2, -0.15) is 5.10 Å². The normalized spacial score (nSPS) is 13.0. The topological polar surface area (TPSA) is 52.7 Å². The molecule has 6 heteroatoms. The van der Waals surface area contributed by atoms with Crippen molar-refractivity contribution in [2.45, 2.75) is 40.3 Å². The molecule has 110 valence electrons. The number of hydrogen-bond donors (Lipinski definition) is 0. The van der Waals surface area contributed by atoms with Crippen LogP contribution in [0.3, 0.4) is 0 Å². The van der Waals surface area contributed by atoms with E-state index in [-0.39, 0.29) is 11.6 Å². The van der Waals surface area contributed by atoms with Crippen molar-refractivity contribution in [3.8, 4) is 0 Å². The van der Waals surface area contributed by atoms with Crippen molar-refractivity contribution in [1.82, 2.24) is 19.3 Å². The standard InChI is InChI=1S/C15H18N4OS/c1-9-7-21-14-13(9)15(20)18(8-16-14)12(4)6-19-11(3)5-10(2)17-19/h5,7-8,12H,6H2,1-4H3/t12-/m1/s1. The minimum Gasteiger partial charge on any atom is -0.294 e. The van der Waals surface area contributed by atoms with Gasteiger partial charge in [0.2, 0.25) is 0 Å². The fourth-order valence-corrected chi connectivity index (χ4v) is 3.47. The molecule has 1 atom stereocenters. The Balaban J connectivity index is 2.00. The van der Waals surface area contributed by atoms with E-state index in [1.165, 1.54) is 11.3 Å². The molecule has 5 nitrogen and oxygen atoms in total. The van der Waals surface area contributed by atoms with E-state index in [0.29, 0.717) is 6.54 Å². The van der Waals surface area contributed by atoms with E-state index < -0.39 is 0 Å². The summed E-state index contributed by atoms with van der Waals surface area (Å²) in [5, 5.41) is 7.18. The molecule has 0 N–H and O–H groups in total. The van der Waals surface area contributed by atoms with Crippen molar-refractivity contribution < 1.29 is 0 Å². The zero-order chi connectivity index (χ0) is 15.1. The number of aromatic nitrogens is 4. The van der Waals surface area contributed by atoms with Crippen LogP contribution in [-0.2, 0) is 6.54 Å². The van der Waals surface area contributed by atoms with Crippen LogP contribution in [0.5, 0.6) is 0 Å². The minimum absolute atomic E-state index is 0.00620. The third kappa shape index (κ3) is 2.40. The van der Waals surface area contributed by atoms with Gasteiger partial charge >= 0.3 is 0 Å². The van der Waals surface area contributed by atoms with Crippen molar-refractivity contribution in [2.75, 3.05) is 0 Å². The quantitative estimate of drug-likeness (QED) is 0.747. The Labute approximate surface area is 126 Å². The van der Waals surface area contributed by atoms with Gasteiger partial charge in [0.1, 0.15) is 4.83 Å². The molecule has 3 heterocycles. The molecular formula is C15H18N4OS. The third-order valence-corrected chi connectivity index (χ3v) is 4.72. The van der Waals surface area contributed by atoms with Crippen LogP contribution >= 0.6 is 11.3 Å². The Morgan fingerprint density at radius 1 is 1.33 bits per heavy atom. The second kappa shape index (κ2) is 5.11. The van der Waals surface area contributed by atoms with Crippen LogP contribution in [0.1, 0.15) is 29.9 Å². The first kappa shape index (κ1) is 14.0. The van der Waals surface area contributed by atoms with Crippen molar-refractivity contribution >= 4 is 21.6 Å². The highest BCUT2D eigenvalue weighted by molar-refractivity contribution is 7.16. The number of aryl methyl sites for hydroxylation is 3. The molecular weight excluding hydrogens is 284 g/mol. The first-order chi connectivity index (χ1) is 9.97. The van der Waals surface area contributed by atoms with Crippen molar-refractivity contribution in [3.05, 3.63) is 45.1 Å². The van der Waals surface area contributed by atoms with Gasteiger partial charge < -0.3 is 0 Å². The summed E-state index contributed by atoms with van der Waals surface area (Å²) >= 11 is 1.52. The highest BCUT2D eigenvalue weighted by Crippen LogP contribution is 2.20. The average Bonchev–Trinajstić information content (AvgIpc) is 2.94. The zero-order valence-corrected chi connectivity index (χ0v) is 13.4. The summed E-state index contributed by atoms with van der Waals surface area (Å²) in [6.45, 7) is 8.64. The first-order valence-corrected chi connectivity index (χ1v) is 7.81. The third-order valence-electron chi connectivity index (χ3n) is 3.72. The van der Waals surface area contributed by atoms with E-state index in [0.717, 1.165) is 27.2 Å². The number of rotatable bonds is 3. The molecule has 0 amide bonds. The summed E-state index contributed by atoms with van der Waals surface area (Å²) in [4.78, 5) is 17.8. The summed E-state index contributed by atoms with van der Waals surface area (Å²) in [5.74, 6) is 0. The van der Waals surface area contributed by atoms with Gasteiger partial charge in [-0.05, 0) is 44.7 Å². The number of fused-ring (bicyclic) bond motifs is 1. The molecule has 0 saturated carbocycles. The predicted octanol–water partition coefficient (Wildman–Crippen LogP) is 2.84. The van der Waals surface area contributed by atoms with Crippen LogP contribution in [0.15, 0.2) is 22.6 Å². The SMILES string of the molecule is Cc1cc(C)n(C[C@@H](C)n2cnc3scc(C)c3c2=O)n1. The van der Waals surface area contributed by atoms with Gasteiger partial charge in [-0.15, -0.1) is 11.3 Å². The Bertz CT molecular complexity index is 858. The van der Waals surface area contributed by atoms with Gasteiger partial charge in [-0.3, -0.25) is 14.0 Å². The Morgan fingerprint density at radius 2 is 2.10 bits per heavy atom. The van der Waals surface area contributed by atoms with E-state index >= 15 is 0 Å². The second-order valence-electron chi connectivity index (χ2n) is 5.51. The molecule has 3 rings (SSSR count). The molecule has 0 aromatic carbocycles. The number of nitrogens with zero attached hydrogens (tertiary/aromatic N) is 4. The van der Waals surface area contributed by atoms with E-state index in [1.807, 2.05) is 43.8 Å². The van der Waals surface area contributed by atoms with E-state index in [4.69, 9.17) is 0 Å². The van der Waals surface area contributed by atoms with Crippen LogP contribution in [0.2, 0.25) is 0 Å². The second-order valence-corrected chi connectivity index (χ2v) is 6.37. The molecule has 0 unspecified atom stereocenters. The molecule has 0 spiro atoms. The Kier molecular flexibility index (Phi) is 3.41. The lowest BCUT2D eigenvalue weighted by Gasteiger charge is -2.16. The molecule has 21 heavy (non-hydrogen) atoms. The fourth-order valence-electron chi connectivity index (χ4n) is 2.59. The number of hydrogen-bond acceptors (Lipinski definition) is 4. The molecule has 3 aromatic heterocycles. The highest BCUT2D eigenvalue weighted by atomic mass is 32.1. The largest absolute Gasteiger partial charge is 0.294 e. The maximum Gasteiger partial charge on any atom is 0.262 e. The Hall–Kier alpha value is -1.95. The lowest BCUT2D eigenvalue weighted by molar-refractivity contribution is 0.419. The van der Waals surface area contributed by atoms with Crippen LogP contribution in [-0.4, -0.2) is 19.3 Å². The van der Waals surface area contributed by atoms with Gasteiger partial charge in [0.05, 0.1) is 30.0 Å². The zero-order valence-electron chi connectivity index (χ0n) is 12.6. The van der Waals surface area contributed by atoms with Crippen molar-refractivity contribution in [3.63, 3.8) is 0 Å². The van der Waals surface area contributed by atoms with Crippen LogP contribution in [0.25, 0.3) is 10.2 Å². The summed E-state index contributed by atoms with van der Waals surface area (Å²) in [7, 11) is 0. The summed E-state index contributed by atoms with van der Waals surface area (Å²) < 4.78 is 3.65. The number of thiophene rings is 1. The molecule has 0 aliphatic rings. The Morgan fingerprint density at radius 3 is 2.76 bits per heavy atom. The van der Waals surface area contributed by atoms with E-state index in [9.17, 15) is 4.79 Å². The lowest BCUT2D eigenvalue weighted by atomic mass is 10.2. The van der Waals surface area contributed by atoms with Crippen LogP contribution in [0, 0.1) is 20.8 Å². The molecule has 0 aliphatic carbocycles. The summed E-state index contributed by atoms with van der Waals surface area (Å²) in [6, 6.07) is 2.05. The summed E-state index contributed by atoms with van der Waals surface area (Å²) in [6.07, 6.45) is 1.65. The van der Waals surface area contributed by atoms with Gasteiger partial charge in [-0.25, -0.2) is 4.98 Å². The maximum absolute atomic E-state index is 12.6. The maximum atomic E-state index is 12.6.